The van der Waals surface area contributed by atoms with Crippen LogP contribution >= 0.6 is 11.3 Å². The molecule has 1 aromatic carbocycles. The van der Waals surface area contributed by atoms with Crippen molar-refractivity contribution in [2.75, 3.05) is 13.1 Å². The maximum atomic E-state index is 11.1. The first-order chi connectivity index (χ1) is 13.7. The average molecular weight is 420 g/mol. The zero-order valence-corrected chi connectivity index (χ0v) is 17.1. The summed E-state index contributed by atoms with van der Waals surface area (Å²) < 4.78 is 0.823. The van der Waals surface area contributed by atoms with Gasteiger partial charge in [-0.1, -0.05) is 12.1 Å². The molecule has 29 heavy (non-hydrogen) atoms. The van der Waals surface area contributed by atoms with E-state index in [9.17, 15) is 19.7 Å². The summed E-state index contributed by atoms with van der Waals surface area (Å²) in [5.74, 6) is -1.98. The molecule has 0 amide bonds. The van der Waals surface area contributed by atoms with Crippen molar-refractivity contribution in [1.29, 1.82) is 0 Å². The zero-order valence-electron chi connectivity index (χ0n) is 16.3. The van der Waals surface area contributed by atoms with Crippen LogP contribution in [0.4, 0.5) is 5.69 Å². The second-order valence-corrected chi connectivity index (χ2v) is 7.90. The van der Waals surface area contributed by atoms with Crippen LogP contribution in [0.5, 0.6) is 0 Å². The molecule has 1 fully saturated rings. The lowest BCUT2D eigenvalue weighted by Gasteiger charge is -2.34. The number of benzene rings is 1. The normalized spacial score (nSPS) is 15.4. The van der Waals surface area contributed by atoms with Crippen LogP contribution < -0.4 is 0 Å². The first kappa shape index (κ1) is 22.5. The monoisotopic (exact) mass is 420 g/mol. The molecule has 9 heteroatoms. The lowest BCUT2D eigenvalue weighted by atomic mass is 9.88. The van der Waals surface area contributed by atoms with Crippen molar-refractivity contribution < 1.29 is 24.7 Å². The third-order valence-electron chi connectivity index (χ3n) is 4.87. The van der Waals surface area contributed by atoms with Gasteiger partial charge in [-0.15, -0.1) is 11.3 Å². The standard InChI is InChI=1S/C16H20N2O2S.C4H4O4/c1-11(2)17-8-6-12(7-9-17)14-10-21-16-13(14)4-3-5-15(16)18(19)20;5-3(6)1-2-4(7)8/h3-5,10-12H,6-9H2,1-2H3;1-2H,(H,5,6)(H,7,8)/b;2-1-. The molecule has 0 unspecified atom stereocenters. The van der Waals surface area contributed by atoms with E-state index in [4.69, 9.17) is 10.2 Å². The number of carboxylic acids is 2. The summed E-state index contributed by atoms with van der Waals surface area (Å²) in [6.07, 6.45) is 3.41. The minimum atomic E-state index is -1.26. The van der Waals surface area contributed by atoms with E-state index in [0.29, 0.717) is 24.1 Å². The number of carboxylic acid groups (broad SMARTS) is 2. The maximum absolute atomic E-state index is 11.1. The molecule has 2 heterocycles. The lowest BCUT2D eigenvalue weighted by Crippen LogP contribution is -2.37. The number of carbonyl (C=O) groups is 2. The topological polar surface area (TPSA) is 121 Å². The Balaban J connectivity index is 0.000000321. The van der Waals surface area contributed by atoms with E-state index in [1.165, 1.54) is 16.9 Å². The van der Waals surface area contributed by atoms with Crippen LogP contribution in [-0.2, 0) is 9.59 Å². The van der Waals surface area contributed by atoms with Gasteiger partial charge in [0.25, 0.3) is 5.69 Å². The molecule has 1 aromatic heterocycles. The van der Waals surface area contributed by atoms with E-state index in [2.05, 4.69) is 24.1 Å². The quantitative estimate of drug-likeness (QED) is 0.424. The van der Waals surface area contributed by atoms with Crippen LogP contribution in [0, 0.1) is 10.1 Å². The summed E-state index contributed by atoms with van der Waals surface area (Å²) in [4.78, 5) is 32.5. The first-order valence-corrected chi connectivity index (χ1v) is 10.1. The van der Waals surface area contributed by atoms with Gasteiger partial charge >= 0.3 is 11.9 Å². The molecule has 1 aliphatic heterocycles. The molecule has 1 saturated heterocycles. The molecule has 156 valence electrons. The van der Waals surface area contributed by atoms with Gasteiger partial charge in [0.05, 0.1) is 4.92 Å². The molecule has 8 nitrogen and oxygen atoms in total. The number of rotatable bonds is 5. The van der Waals surface area contributed by atoms with Gasteiger partial charge in [-0.25, -0.2) is 9.59 Å². The number of nitro benzene ring substituents is 1. The van der Waals surface area contributed by atoms with Crippen molar-refractivity contribution >= 4 is 39.0 Å². The Hall–Kier alpha value is -2.78. The number of nitrogens with zero attached hydrogens (tertiary/aromatic N) is 2. The summed E-state index contributed by atoms with van der Waals surface area (Å²) in [5.41, 5.74) is 1.55. The van der Waals surface area contributed by atoms with E-state index in [1.807, 2.05) is 6.07 Å². The number of aliphatic carboxylic acids is 2. The fourth-order valence-corrected chi connectivity index (χ4v) is 4.53. The first-order valence-electron chi connectivity index (χ1n) is 9.23. The van der Waals surface area contributed by atoms with Crippen molar-refractivity contribution in [2.45, 2.75) is 38.6 Å². The number of likely N-dealkylation sites (tertiary alicyclic amines) is 1. The minimum absolute atomic E-state index is 0.239. The second kappa shape index (κ2) is 10.1. The third kappa shape index (κ3) is 6.10. The highest BCUT2D eigenvalue weighted by atomic mass is 32.1. The molecular formula is C20H24N2O6S. The number of hydrogen-bond acceptors (Lipinski definition) is 6. The number of hydrogen-bond donors (Lipinski definition) is 2. The number of nitro groups is 1. The average Bonchev–Trinajstić information content (AvgIpc) is 3.11. The lowest BCUT2D eigenvalue weighted by molar-refractivity contribution is -0.382. The molecule has 0 spiro atoms. The summed E-state index contributed by atoms with van der Waals surface area (Å²) in [5, 5.41) is 30.0. The number of fused-ring (bicyclic) bond motifs is 1. The van der Waals surface area contributed by atoms with Crippen molar-refractivity contribution in [2.24, 2.45) is 0 Å². The largest absolute Gasteiger partial charge is 0.478 e. The zero-order chi connectivity index (χ0) is 21.6. The number of non-ortho nitro benzene ring substituents is 1. The molecule has 1 aliphatic rings. The van der Waals surface area contributed by atoms with E-state index >= 15 is 0 Å². The molecule has 0 aliphatic carbocycles. The Morgan fingerprint density at radius 2 is 1.79 bits per heavy atom. The third-order valence-corrected chi connectivity index (χ3v) is 5.91. The van der Waals surface area contributed by atoms with E-state index in [1.54, 1.807) is 12.1 Å². The van der Waals surface area contributed by atoms with Crippen molar-refractivity contribution in [3.05, 3.63) is 51.4 Å². The van der Waals surface area contributed by atoms with Gasteiger partial charge in [-0.05, 0) is 56.6 Å². The molecule has 0 saturated carbocycles. The van der Waals surface area contributed by atoms with Gasteiger partial charge in [0.2, 0.25) is 0 Å². The molecule has 3 rings (SSSR count). The van der Waals surface area contributed by atoms with Crippen LogP contribution in [0.3, 0.4) is 0 Å². The van der Waals surface area contributed by atoms with Crippen LogP contribution in [-0.4, -0.2) is 51.1 Å². The summed E-state index contributed by atoms with van der Waals surface area (Å²) >= 11 is 1.51. The Labute approximate surface area is 172 Å². The van der Waals surface area contributed by atoms with Crippen LogP contribution in [0.25, 0.3) is 10.1 Å². The Morgan fingerprint density at radius 3 is 2.28 bits per heavy atom. The van der Waals surface area contributed by atoms with Crippen molar-refractivity contribution in [3.8, 4) is 0 Å². The molecular weight excluding hydrogens is 396 g/mol. The van der Waals surface area contributed by atoms with Gasteiger partial charge < -0.3 is 15.1 Å². The molecule has 0 atom stereocenters. The Bertz CT molecular complexity index is 897. The summed E-state index contributed by atoms with van der Waals surface area (Å²) in [6, 6.07) is 6.04. The van der Waals surface area contributed by atoms with E-state index in [-0.39, 0.29) is 10.6 Å². The fourth-order valence-electron chi connectivity index (χ4n) is 3.39. The number of thiophene rings is 1. The van der Waals surface area contributed by atoms with Gasteiger partial charge in [-0.3, -0.25) is 10.1 Å². The van der Waals surface area contributed by atoms with Crippen LogP contribution in [0.2, 0.25) is 0 Å². The smallest absolute Gasteiger partial charge is 0.328 e. The predicted octanol–water partition coefficient (Wildman–Crippen LogP) is 4.11. The van der Waals surface area contributed by atoms with Gasteiger partial charge in [0.15, 0.2) is 0 Å². The molecule has 2 N–H and O–H groups in total. The van der Waals surface area contributed by atoms with Crippen LogP contribution in [0.1, 0.15) is 38.2 Å². The number of piperidine rings is 1. The minimum Gasteiger partial charge on any atom is -0.478 e. The maximum Gasteiger partial charge on any atom is 0.328 e. The summed E-state index contributed by atoms with van der Waals surface area (Å²) in [7, 11) is 0. The summed E-state index contributed by atoms with van der Waals surface area (Å²) in [6.45, 7) is 6.72. The highest BCUT2D eigenvalue weighted by molar-refractivity contribution is 7.18. The van der Waals surface area contributed by atoms with E-state index < -0.39 is 11.9 Å². The molecule has 2 aromatic rings. The van der Waals surface area contributed by atoms with Gasteiger partial charge in [-0.2, -0.15) is 0 Å². The highest BCUT2D eigenvalue weighted by Crippen LogP contribution is 2.40. The fraction of sp³-hybridized carbons (Fsp3) is 0.400. The highest BCUT2D eigenvalue weighted by Gasteiger charge is 2.25. The molecule has 0 radical (unpaired) electrons. The van der Waals surface area contributed by atoms with E-state index in [0.717, 1.165) is 36.0 Å². The van der Waals surface area contributed by atoms with Crippen molar-refractivity contribution in [3.63, 3.8) is 0 Å². The molecule has 0 bridgehead atoms. The van der Waals surface area contributed by atoms with Gasteiger partial charge in [0, 0.05) is 29.6 Å². The SMILES string of the molecule is CC(C)N1CCC(c2csc3c([N+](=O)[O-])cccc23)CC1.O=C(O)/C=C\C(=O)O. The predicted molar refractivity (Wildman–Crippen MR) is 112 cm³/mol. The second-order valence-electron chi connectivity index (χ2n) is 7.02. The van der Waals surface area contributed by atoms with Crippen LogP contribution in [0.15, 0.2) is 35.7 Å². The van der Waals surface area contributed by atoms with Crippen molar-refractivity contribution in [1.82, 2.24) is 4.90 Å². The Morgan fingerprint density at radius 1 is 1.21 bits per heavy atom. The van der Waals surface area contributed by atoms with Gasteiger partial charge in [0.1, 0.15) is 4.70 Å². The Kier molecular flexibility index (Phi) is 7.86.